The topological polar surface area (TPSA) is 114 Å². The molecular formula is C16H20N4O6. The number of nitrogens with zero attached hydrogens (tertiary/aromatic N) is 3. The van der Waals surface area contributed by atoms with E-state index < -0.39 is 5.97 Å². The third-order valence-electron chi connectivity index (χ3n) is 3.14. The summed E-state index contributed by atoms with van der Waals surface area (Å²) in [6.45, 7) is 1.59. The highest BCUT2D eigenvalue weighted by Gasteiger charge is 2.18. The molecule has 1 N–H and O–H groups in total. The van der Waals surface area contributed by atoms with Crippen LogP contribution in [-0.2, 0) is 25.7 Å². The molecule has 0 saturated heterocycles. The Bertz CT molecular complexity index is 761. The maximum atomic E-state index is 11.7. The van der Waals surface area contributed by atoms with E-state index in [2.05, 4.69) is 20.1 Å². The predicted octanol–water partition coefficient (Wildman–Crippen LogP) is 1.35. The average Bonchev–Trinajstić information content (AvgIpc) is 3.03. The summed E-state index contributed by atoms with van der Waals surface area (Å²) in [6, 6.07) is 7.21. The van der Waals surface area contributed by atoms with Crippen LogP contribution in [0.2, 0.25) is 0 Å². The summed E-state index contributed by atoms with van der Waals surface area (Å²) in [7, 11) is 2.79. The van der Waals surface area contributed by atoms with Crippen molar-refractivity contribution in [2.75, 3.05) is 32.8 Å². The number of ether oxygens (including phenoxy) is 4. The molecule has 0 atom stereocenters. The van der Waals surface area contributed by atoms with Gasteiger partial charge in [0.1, 0.15) is 19.1 Å². The fourth-order valence-corrected chi connectivity index (χ4v) is 1.97. The Morgan fingerprint density at radius 1 is 1.19 bits per heavy atom. The Hall–Kier alpha value is -3.14. The van der Waals surface area contributed by atoms with Crippen molar-refractivity contribution >= 4 is 23.6 Å². The van der Waals surface area contributed by atoms with Crippen LogP contribution in [0.1, 0.15) is 17.5 Å². The fourth-order valence-electron chi connectivity index (χ4n) is 1.97. The zero-order chi connectivity index (χ0) is 18.9. The average molecular weight is 364 g/mol. The highest BCUT2D eigenvalue weighted by molar-refractivity contribution is 5.85. The van der Waals surface area contributed by atoms with Crippen LogP contribution in [0.4, 0.5) is 11.6 Å². The summed E-state index contributed by atoms with van der Waals surface area (Å²) in [5.41, 5.74) is 0.639. The van der Waals surface area contributed by atoms with Gasteiger partial charge >= 0.3 is 11.9 Å². The van der Waals surface area contributed by atoms with Gasteiger partial charge in [-0.1, -0.05) is 12.1 Å². The maximum absolute atomic E-state index is 11.7. The molecule has 0 spiro atoms. The number of aromatic nitrogens is 3. The van der Waals surface area contributed by atoms with E-state index in [0.717, 1.165) is 0 Å². The second-order valence-corrected chi connectivity index (χ2v) is 4.95. The van der Waals surface area contributed by atoms with E-state index in [1.54, 1.807) is 19.2 Å². The summed E-state index contributed by atoms with van der Waals surface area (Å²) in [5, 5.41) is 7.10. The van der Waals surface area contributed by atoms with Crippen LogP contribution in [0.3, 0.4) is 0 Å². The lowest BCUT2D eigenvalue weighted by Gasteiger charge is -2.11. The van der Waals surface area contributed by atoms with E-state index in [0.29, 0.717) is 11.4 Å². The molecule has 0 unspecified atom stereocenters. The summed E-state index contributed by atoms with van der Waals surface area (Å²) in [6.07, 6.45) is 0. The van der Waals surface area contributed by atoms with Crippen LogP contribution >= 0.6 is 0 Å². The number of rotatable bonds is 9. The van der Waals surface area contributed by atoms with Gasteiger partial charge in [0.05, 0.1) is 26.5 Å². The molecular weight excluding hydrogens is 344 g/mol. The van der Waals surface area contributed by atoms with Gasteiger partial charge in [-0.2, -0.15) is 4.98 Å². The predicted molar refractivity (Wildman–Crippen MR) is 90.2 cm³/mol. The number of anilines is 2. The van der Waals surface area contributed by atoms with Crippen molar-refractivity contribution in [1.82, 2.24) is 14.8 Å². The minimum atomic E-state index is -0.674. The molecule has 1 aromatic heterocycles. The molecule has 1 heterocycles. The highest BCUT2D eigenvalue weighted by atomic mass is 16.6. The molecule has 10 heteroatoms. The first-order valence-electron chi connectivity index (χ1n) is 7.69. The van der Waals surface area contributed by atoms with Gasteiger partial charge in [0.2, 0.25) is 5.95 Å². The Morgan fingerprint density at radius 2 is 1.96 bits per heavy atom. The van der Waals surface area contributed by atoms with Gasteiger partial charge in [-0.05, 0) is 12.1 Å². The van der Waals surface area contributed by atoms with Crippen molar-refractivity contribution in [1.29, 1.82) is 0 Å². The van der Waals surface area contributed by atoms with Crippen molar-refractivity contribution in [3.8, 4) is 5.75 Å². The quantitative estimate of drug-likeness (QED) is 0.520. The number of hydrogen-bond acceptors (Lipinski definition) is 9. The Morgan fingerprint density at radius 3 is 2.65 bits per heavy atom. The number of carbonyl (C=O) groups is 2. The molecule has 0 aliphatic carbocycles. The van der Waals surface area contributed by atoms with Gasteiger partial charge in [-0.3, -0.25) is 4.79 Å². The lowest BCUT2D eigenvalue weighted by molar-refractivity contribution is -0.142. The van der Waals surface area contributed by atoms with Crippen LogP contribution in [0.5, 0.6) is 5.75 Å². The first-order valence-corrected chi connectivity index (χ1v) is 7.69. The number of esters is 2. The minimum Gasteiger partial charge on any atom is -0.495 e. The van der Waals surface area contributed by atoms with Gasteiger partial charge in [0, 0.05) is 6.92 Å². The molecule has 0 bridgehead atoms. The van der Waals surface area contributed by atoms with E-state index in [4.69, 9.17) is 14.2 Å². The number of carbonyl (C=O) groups excluding carboxylic acids is 2. The molecule has 0 radical (unpaired) electrons. The van der Waals surface area contributed by atoms with Crippen LogP contribution in [0.25, 0.3) is 0 Å². The second-order valence-electron chi connectivity index (χ2n) is 4.95. The van der Waals surface area contributed by atoms with Crippen LogP contribution < -0.4 is 10.1 Å². The summed E-state index contributed by atoms with van der Waals surface area (Å²) in [5.74, 6) is -0.319. The van der Waals surface area contributed by atoms with Gasteiger partial charge in [-0.15, -0.1) is 5.10 Å². The zero-order valence-corrected chi connectivity index (χ0v) is 14.7. The van der Waals surface area contributed by atoms with Crippen molar-refractivity contribution < 1.29 is 28.5 Å². The largest absolute Gasteiger partial charge is 0.495 e. The van der Waals surface area contributed by atoms with Crippen LogP contribution in [0, 0.1) is 0 Å². The molecule has 26 heavy (non-hydrogen) atoms. The zero-order valence-electron chi connectivity index (χ0n) is 14.7. The van der Waals surface area contributed by atoms with Crippen molar-refractivity contribution in [2.24, 2.45) is 0 Å². The molecule has 10 nitrogen and oxygen atoms in total. The molecule has 2 rings (SSSR count). The second kappa shape index (κ2) is 9.37. The van der Waals surface area contributed by atoms with Gasteiger partial charge in [0.25, 0.3) is 5.82 Å². The Kier molecular flexibility index (Phi) is 6.92. The lowest BCUT2D eigenvalue weighted by Crippen LogP contribution is -2.13. The molecule has 0 aliphatic rings. The van der Waals surface area contributed by atoms with E-state index in [9.17, 15) is 9.59 Å². The van der Waals surface area contributed by atoms with Gasteiger partial charge in [0.15, 0.2) is 0 Å². The van der Waals surface area contributed by atoms with Crippen LogP contribution in [0.15, 0.2) is 24.3 Å². The summed E-state index contributed by atoms with van der Waals surface area (Å²) in [4.78, 5) is 26.5. The van der Waals surface area contributed by atoms with E-state index >= 15 is 0 Å². The number of methoxy groups -OCH3 is 2. The third-order valence-corrected chi connectivity index (χ3v) is 3.14. The number of nitrogens with one attached hydrogen (secondary N) is 1. The third kappa shape index (κ3) is 5.18. The molecule has 0 saturated carbocycles. The SMILES string of the molecule is COC(=O)c1nc(Nc2ccccc2OC)n(COCCOC(C)=O)n1. The molecule has 2 aromatic rings. The van der Waals surface area contributed by atoms with Gasteiger partial charge in [-0.25, -0.2) is 9.48 Å². The maximum Gasteiger partial charge on any atom is 0.378 e. The lowest BCUT2D eigenvalue weighted by atomic mass is 10.3. The van der Waals surface area contributed by atoms with E-state index in [1.807, 2.05) is 12.1 Å². The summed E-state index contributed by atoms with van der Waals surface area (Å²) < 4.78 is 21.4. The minimum absolute atomic E-state index is 0.0112. The highest BCUT2D eigenvalue weighted by Crippen LogP contribution is 2.26. The number of hydrogen-bond donors (Lipinski definition) is 1. The van der Waals surface area contributed by atoms with Crippen molar-refractivity contribution in [3.05, 3.63) is 30.1 Å². The monoisotopic (exact) mass is 364 g/mol. The van der Waals surface area contributed by atoms with Crippen molar-refractivity contribution in [3.63, 3.8) is 0 Å². The Labute approximate surface area is 150 Å². The first-order chi connectivity index (χ1) is 12.5. The van der Waals surface area contributed by atoms with Crippen LogP contribution in [-0.4, -0.2) is 54.1 Å². The van der Waals surface area contributed by atoms with E-state index in [-0.39, 0.29) is 37.7 Å². The molecule has 0 amide bonds. The standard InChI is InChI=1S/C16H20N4O6/c1-11(21)26-9-8-25-10-20-16(18-14(19-20)15(22)24-3)17-12-6-4-5-7-13(12)23-2/h4-7H,8-10H2,1-3H3,(H,17,18,19). The van der Waals surface area contributed by atoms with Crippen molar-refractivity contribution in [2.45, 2.75) is 13.7 Å². The Balaban J connectivity index is 2.13. The smallest absolute Gasteiger partial charge is 0.378 e. The molecule has 0 aliphatic heterocycles. The normalized spacial score (nSPS) is 10.3. The summed E-state index contributed by atoms with van der Waals surface area (Å²) >= 11 is 0. The van der Waals surface area contributed by atoms with Gasteiger partial charge < -0.3 is 24.3 Å². The molecule has 0 fully saturated rings. The van der Waals surface area contributed by atoms with E-state index in [1.165, 1.54) is 18.7 Å². The first kappa shape index (κ1) is 19.2. The molecule has 1 aromatic carbocycles. The number of para-hydroxylation sites is 2. The molecule has 140 valence electrons. The number of benzene rings is 1. The fraction of sp³-hybridized carbons (Fsp3) is 0.375.